The zero-order valence-electron chi connectivity index (χ0n) is 16.5. The molecule has 0 saturated carbocycles. The summed E-state index contributed by atoms with van der Waals surface area (Å²) in [6.45, 7) is 3.82. The largest absolute Gasteiger partial charge is 0.478 e. The highest BCUT2D eigenvalue weighted by Gasteiger charge is 2.18. The van der Waals surface area contributed by atoms with Crippen LogP contribution in [-0.2, 0) is 0 Å². The Morgan fingerprint density at radius 1 is 1.13 bits per heavy atom. The lowest BCUT2D eigenvalue weighted by Gasteiger charge is -2.19. The molecule has 0 bridgehead atoms. The van der Waals surface area contributed by atoms with Crippen molar-refractivity contribution < 1.29 is 14.3 Å². The van der Waals surface area contributed by atoms with Gasteiger partial charge in [0.25, 0.3) is 0 Å². The first kappa shape index (κ1) is 19.4. The third-order valence-electron chi connectivity index (χ3n) is 4.94. The van der Waals surface area contributed by atoms with Crippen LogP contribution < -0.4 is 10.7 Å². The number of anilines is 1. The molecule has 6 nitrogen and oxygen atoms in total. The summed E-state index contributed by atoms with van der Waals surface area (Å²) in [6, 6.07) is 15.2. The van der Waals surface area contributed by atoms with Gasteiger partial charge in [-0.1, -0.05) is 18.2 Å². The highest BCUT2D eigenvalue weighted by atomic mass is 16.4. The molecule has 1 atom stereocenters. The van der Waals surface area contributed by atoms with Gasteiger partial charge in [0.15, 0.2) is 5.43 Å². The summed E-state index contributed by atoms with van der Waals surface area (Å²) in [5.74, 6) is -0.575. The summed E-state index contributed by atoms with van der Waals surface area (Å²) in [5, 5.41) is 13.2. The van der Waals surface area contributed by atoms with E-state index in [2.05, 4.69) is 10.3 Å². The van der Waals surface area contributed by atoms with Gasteiger partial charge in [0, 0.05) is 35.3 Å². The van der Waals surface area contributed by atoms with E-state index in [-0.39, 0.29) is 17.0 Å². The third kappa shape index (κ3) is 3.67. The Balaban J connectivity index is 1.85. The zero-order chi connectivity index (χ0) is 21.3. The fourth-order valence-electron chi connectivity index (χ4n) is 3.51. The summed E-state index contributed by atoms with van der Waals surface area (Å²) in [7, 11) is 0. The lowest BCUT2D eigenvalue weighted by molar-refractivity contribution is 0.0698. The van der Waals surface area contributed by atoms with Gasteiger partial charge in [-0.2, -0.15) is 0 Å². The molecule has 0 spiro atoms. The van der Waals surface area contributed by atoms with E-state index in [0.29, 0.717) is 28.0 Å². The zero-order valence-corrected chi connectivity index (χ0v) is 16.5. The summed E-state index contributed by atoms with van der Waals surface area (Å²) < 4.78 is 6.16. The van der Waals surface area contributed by atoms with Crippen LogP contribution in [0.25, 0.3) is 22.3 Å². The summed E-state index contributed by atoms with van der Waals surface area (Å²) in [4.78, 5) is 28.5. The van der Waals surface area contributed by atoms with Crippen LogP contribution in [0.5, 0.6) is 0 Å². The molecule has 2 aromatic heterocycles. The number of para-hydroxylation sites is 1. The van der Waals surface area contributed by atoms with Gasteiger partial charge >= 0.3 is 5.97 Å². The van der Waals surface area contributed by atoms with Crippen molar-refractivity contribution in [1.82, 2.24) is 4.98 Å². The molecule has 6 heteroatoms. The van der Waals surface area contributed by atoms with Gasteiger partial charge in [-0.05, 0) is 49.7 Å². The maximum absolute atomic E-state index is 12.8. The Hall–Kier alpha value is -3.93. The second-order valence-electron chi connectivity index (χ2n) is 7.16. The maximum Gasteiger partial charge on any atom is 0.337 e. The molecule has 0 saturated heterocycles. The molecule has 2 N–H and O–H groups in total. The number of carbonyl (C=O) groups is 1. The first-order valence-electron chi connectivity index (χ1n) is 9.51. The summed E-state index contributed by atoms with van der Waals surface area (Å²) in [6.07, 6.45) is 3.30. The predicted octanol–water partition coefficient (Wildman–Crippen LogP) is 5.03. The molecule has 1 unspecified atom stereocenters. The Morgan fingerprint density at radius 3 is 2.67 bits per heavy atom. The fourth-order valence-corrected chi connectivity index (χ4v) is 3.51. The van der Waals surface area contributed by atoms with Crippen molar-refractivity contribution in [2.24, 2.45) is 0 Å². The van der Waals surface area contributed by atoms with E-state index >= 15 is 0 Å². The van der Waals surface area contributed by atoms with Crippen molar-refractivity contribution >= 4 is 22.6 Å². The van der Waals surface area contributed by atoms with Crippen LogP contribution in [0.2, 0.25) is 0 Å². The minimum Gasteiger partial charge on any atom is -0.478 e. The van der Waals surface area contributed by atoms with Crippen LogP contribution in [-0.4, -0.2) is 16.1 Å². The molecule has 4 aromatic rings. The molecule has 4 rings (SSSR count). The number of hydrogen-bond donors (Lipinski definition) is 2. The number of nitrogens with zero attached hydrogens (tertiary/aromatic N) is 1. The number of aryl methyl sites for hydroxylation is 1. The fraction of sp³-hybridized carbons (Fsp3) is 0.125. The van der Waals surface area contributed by atoms with Crippen molar-refractivity contribution in [2.45, 2.75) is 19.9 Å². The highest BCUT2D eigenvalue weighted by molar-refractivity contribution is 5.94. The second-order valence-corrected chi connectivity index (χ2v) is 7.16. The molecule has 0 radical (unpaired) electrons. The number of carboxylic acids is 1. The van der Waals surface area contributed by atoms with Crippen LogP contribution in [0.3, 0.4) is 0 Å². The molecular weight excluding hydrogens is 380 g/mol. The average Bonchev–Trinajstić information content (AvgIpc) is 2.74. The summed E-state index contributed by atoms with van der Waals surface area (Å²) >= 11 is 0. The number of aromatic nitrogens is 1. The van der Waals surface area contributed by atoms with Crippen molar-refractivity contribution in [3.63, 3.8) is 0 Å². The standard InChI is InChI=1S/C24H20N2O4/c1-14-10-18(15(2)26-20-8-4-3-7-17(20)24(28)29)23-19(11-14)21(27)12-22(30-23)16-6-5-9-25-13-16/h3-13,15,26H,1-2H3,(H,28,29). The van der Waals surface area contributed by atoms with Gasteiger partial charge in [0.1, 0.15) is 11.3 Å². The number of carboxylic acid groups (broad SMARTS) is 1. The van der Waals surface area contributed by atoms with E-state index in [1.807, 2.05) is 26.0 Å². The Bertz CT molecular complexity index is 1300. The SMILES string of the molecule is Cc1cc(C(C)Nc2ccccc2C(=O)O)c2oc(-c3cccnc3)cc(=O)c2c1. The van der Waals surface area contributed by atoms with E-state index in [4.69, 9.17) is 4.42 Å². The first-order valence-corrected chi connectivity index (χ1v) is 9.51. The molecule has 150 valence electrons. The van der Waals surface area contributed by atoms with Crippen LogP contribution >= 0.6 is 0 Å². The van der Waals surface area contributed by atoms with E-state index < -0.39 is 5.97 Å². The Kier molecular flexibility index (Phi) is 5.06. The maximum atomic E-state index is 12.8. The Morgan fingerprint density at radius 2 is 1.93 bits per heavy atom. The van der Waals surface area contributed by atoms with E-state index in [0.717, 1.165) is 11.1 Å². The van der Waals surface area contributed by atoms with E-state index in [9.17, 15) is 14.7 Å². The van der Waals surface area contributed by atoms with Crippen molar-refractivity contribution in [3.05, 3.63) is 93.9 Å². The van der Waals surface area contributed by atoms with Gasteiger partial charge < -0.3 is 14.8 Å². The van der Waals surface area contributed by atoms with Crippen molar-refractivity contribution in [1.29, 1.82) is 0 Å². The van der Waals surface area contributed by atoms with E-state index in [1.54, 1.807) is 48.8 Å². The van der Waals surface area contributed by atoms with Crippen LogP contribution in [0.4, 0.5) is 5.69 Å². The number of benzene rings is 2. The van der Waals surface area contributed by atoms with E-state index in [1.165, 1.54) is 6.07 Å². The van der Waals surface area contributed by atoms with Crippen molar-refractivity contribution in [2.75, 3.05) is 5.32 Å². The highest BCUT2D eigenvalue weighted by Crippen LogP contribution is 2.31. The molecule has 0 amide bonds. The number of hydrogen-bond acceptors (Lipinski definition) is 5. The monoisotopic (exact) mass is 400 g/mol. The molecular formula is C24H20N2O4. The number of rotatable bonds is 5. The molecule has 0 aliphatic heterocycles. The lowest BCUT2D eigenvalue weighted by Crippen LogP contribution is -2.12. The molecule has 2 aromatic carbocycles. The summed E-state index contributed by atoms with van der Waals surface area (Å²) in [5.41, 5.74) is 3.40. The lowest BCUT2D eigenvalue weighted by atomic mass is 10.00. The molecule has 30 heavy (non-hydrogen) atoms. The predicted molar refractivity (Wildman–Crippen MR) is 116 cm³/mol. The normalized spacial score (nSPS) is 11.9. The van der Waals surface area contributed by atoms with Crippen LogP contribution in [0.15, 0.2) is 76.2 Å². The molecule has 2 heterocycles. The van der Waals surface area contributed by atoms with Crippen molar-refractivity contribution in [3.8, 4) is 11.3 Å². The van der Waals surface area contributed by atoms with Gasteiger partial charge in [0.05, 0.1) is 17.0 Å². The Labute approximate surface area is 172 Å². The second kappa shape index (κ2) is 7.83. The number of pyridine rings is 1. The average molecular weight is 400 g/mol. The molecule has 0 aliphatic rings. The minimum absolute atomic E-state index is 0.141. The topological polar surface area (TPSA) is 92.4 Å². The van der Waals surface area contributed by atoms with Gasteiger partial charge in [0.2, 0.25) is 0 Å². The van der Waals surface area contributed by atoms with Crippen LogP contribution in [0, 0.1) is 6.92 Å². The van der Waals surface area contributed by atoms with Crippen LogP contribution in [0.1, 0.15) is 34.5 Å². The number of aromatic carboxylic acids is 1. The minimum atomic E-state index is -1.01. The van der Waals surface area contributed by atoms with Gasteiger partial charge in [-0.15, -0.1) is 0 Å². The smallest absolute Gasteiger partial charge is 0.337 e. The number of nitrogens with one attached hydrogen (secondary N) is 1. The molecule has 0 fully saturated rings. The first-order chi connectivity index (χ1) is 14.4. The number of fused-ring (bicyclic) bond motifs is 1. The van der Waals surface area contributed by atoms with Gasteiger partial charge in [-0.3, -0.25) is 9.78 Å². The third-order valence-corrected chi connectivity index (χ3v) is 4.94. The quantitative estimate of drug-likeness (QED) is 0.488. The van der Waals surface area contributed by atoms with Gasteiger partial charge in [-0.25, -0.2) is 4.79 Å². The molecule has 0 aliphatic carbocycles.